The number of carbonyl (C=O) groups excluding carboxylic acids is 1. The monoisotopic (exact) mass is 396 g/mol. The van der Waals surface area contributed by atoms with E-state index in [0.717, 1.165) is 61.8 Å². The fourth-order valence-electron chi connectivity index (χ4n) is 4.36. The maximum absolute atomic E-state index is 12.7. The van der Waals surface area contributed by atoms with Crippen LogP contribution in [0.1, 0.15) is 59.7 Å². The normalized spacial score (nSPS) is 15.8. The second kappa shape index (κ2) is 9.59. The molecule has 158 valence electrons. The summed E-state index contributed by atoms with van der Waals surface area (Å²) in [7, 11) is 0. The average molecular weight is 397 g/mol. The van der Waals surface area contributed by atoms with Crippen molar-refractivity contribution in [2.45, 2.75) is 53.8 Å². The topological polar surface area (TPSA) is 40.5 Å². The van der Waals surface area contributed by atoms with E-state index in [-0.39, 0.29) is 5.91 Å². The van der Waals surface area contributed by atoms with Crippen molar-refractivity contribution in [3.8, 4) is 0 Å². The van der Waals surface area contributed by atoms with Gasteiger partial charge in [-0.25, -0.2) is 0 Å². The van der Waals surface area contributed by atoms with Gasteiger partial charge in [-0.05, 0) is 51.4 Å². The van der Waals surface area contributed by atoms with Crippen molar-refractivity contribution in [1.82, 2.24) is 19.7 Å². The molecule has 1 aromatic carbocycles. The maximum atomic E-state index is 12.7. The summed E-state index contributed by atoms with van der Waals surface area (Å²) in [6.07, 6.45) is 0. The van der Waals surface area contributed by atoms with Crippen LogP contribution in [-0.2, 0) is 13.1 Å². The van der Waals surface area contributed by atoms with Gasteiger partial charge >= 0.3 is 0 Å². The van der Waals surface area contributed by atoms with Gasteiger partial charge in [0.05, 0.1) is 5.56 Å². The predicted molar refractivity (Wildman–Crippen MR) is 119 cm³/mol. The Morgan fingerprint density at radius 2 is 1.59 bits per heavy atom. The first-order valence-corrected chi connectivity index (χ1v) is 10.9. The molecule has 2 heterocycles. The molecule has 2 aromatic rings. The van der Waals surface area contributed by atoms with Gasteiger partial charge < -0.3 is 14.8 Å². The molecule has 5 nitrogen and oxygen atoms in total. The molecule has 0 bridgehead atoms. The minimum absolute atomic E-state index is 0.00266. The summed E-state index contributed by atoms with van der Waals surface area (Å²) in [4.78, 5) is 17.7. The van der Waals surface area contributed by atoms with Crippen LogP contribution in [0.3, 0.4) is 0 Å². The van der Waals surface area contributed by atoms with E-state index >= 15 is 0 Å². The Hall–Kier alpha value is -2.11. The molecule has 1 saturated heterocycles. The standard InChI is InChI=1S/C24H36N4O/c1-6-26-11-13-27(14-12-26)17-22-9-7-21(8-10-22)16-25-24(29)23-15-19(4)28(18(2)3)20(23)5/h7-10,15,18H,6,11-14,16-17H2,1-5H3,(H,25,29). The van der Waals surface area contributed by atoms with Gasteiger partial charge in [0.15, 0.2) is 0 Å². The van der Waals surface area contributed by atoms with E-state index < -0.39 is 0 Å². The summed E-state index contributed by atoms with van der Waals surface area (Å²) in [5, 5.41) is 3.08. The summed E-state index contributed by atoms with van der Waals surface area (Å²) >= 11 is 0. The molecule has 1 fully saturated rings. The molecular weight excluding hydrogens is 360 g/mol. The van der Waals surface area contributed by atoms with E-state index in [0.29, 0.717) is 12.6 Å². The zero-order valence-corrected chi connectivity index (χ0v) is 18.7. The molecule has 29 heavy (non-hydrogen) atoms. The quantitative estimate of drug-likeness (QED) is 0.775. The van der Waals surface area contributed by atoms with Crippen molar-refractivity contribution >= 4 is 5.91 Å². The van der Waals surface area contributed by atoms with E-state index in [1.54, 1.807) is 0 Å². The van der Waals surface area contributed by atoms with Crippen LogP contribution in [0.15, 0.2) is 30.3 Å². The molecular formula is C24H36N4O. The third-order valence-electron chi connectivity index (χ3n) is 6.04. The third kappa shape index (κ3) is 5.28. The van der Waals surface area contributed by atoms with Crippen LogP contribution in [0, 0.1) is 13.8 Å². The van der Waals surface area contributed by atoms with E-state index in [1.807, 2.05) is 13.0 Å². The maximum Gasteiger partial charge on any atom is 0.253 e. The molecule has 0 radical (unpaired) electrons. The number of likely N-dealkylation sites (N-methyl/N-ethyl adjacent to an activating group) is 1. The highest BCUT2D eigenvalue weighted by molar-refractivity contribution is 5.95. The SMILES string of the molecule is CCN1CCN(Cc2ccc(CNC(=O)c3cc(C)n(C(C)C)c3C)cc2)CC1. The van der Waals surface area contributed by atoms with Crippen LogP contribution in [0.4, 0.5) is 0 Å². The molecule has 5 heteroatoms. The van der Waals surface area contributed by atoms with Crippen molar-refractivity contribution in [3.63, 3.8) is 0 Å². The fourth-order valence-corrected chi connectivity index (χ4v) is 4.36. The molecule has 0 spiro atoms. The molecule has 3 rings (SSSR count). The van der Waals surface area contributed by atoms with Crippen LogP contribution in [0.25, 0.3) is 0 Å². The second-order valence-electron chi connectivity index (χ2n) is 8.46. The van der Waals surface area contributed by atoms with E-state index in [4.69, 9.17) is 0 Å². The Bertz CT molecular complexity index is 814. The van der Waals surface area contributed by atoms with E-state index in [1.165, 1.54) is 5.56 Å². The summed E-state index contributed by atoms with van der Waals surface area (Å²) in [6, 6.07) is 11.0. The van der Waals surface area contributed by atoms with Crippen molar-refractivity contribution in [1.29, 1.82) is 0 Å². The third-order valence-corrected chi connectivity index (χ3v) is 6.04. The van der Waals surface area contributed by atoms with Gasteiger partial charge in [0.1, 0.15) is 0 Å². The van der Waals surface area contributed by atoms with Crippen LogP contribution in [-0.4, -0.2) is 53.0 Å². The number of nitrogens with zero attached hydrogens (tertiary/aromatic N) is 3. The van der Waals surface area contributed by atoms with Crippen LogP contribution < -0.4 is 5.32 Å². The first-order valence-electron chi connectivity index (χ1n) is 10.9. The predicted octanol–water partition coefficient (Wildman–Crippen LogP) is 3.75. The van der Waals surface area contributed by atoms with Gasteiger partial charge in [-0.2, -0.15) is 0 Å². The van der Waals surface area contributed by atoms with E-state index in [2.05, 4.69) is 71.6 Å². The molecule has 1 aromatic heterocycles. The number of benzene rings is 1. The minimum Gasteiger partial charge on any atom is -0.348 e. The number of hydrogen-bond donors (Lipinski definition) is 1. The molecule has 1 amide bonds. The summed E-state index contributed by atoms with van der Waals surface area (Å²) in [5.74, 6) is 0.00266. The molecule has 0 saturated carbocycles. The minimum atomic E-state index is 0.00266. The Morgan fingerprint density at radius 1 is 1.00 bits per heavy atom. The zero-order chi connectivity index (χ0) is 21.0. The molecule has 1 aliphatic heterocycles. The lowest BCUT2D eigenvalue weighted by molar-refractivity contribution is 0.0950. The molecule has 0 aliphatic carbocycles. The Balaban J connectivity index is 1.53. The van der Waals surface area contributed by atoms with Crippen LogP contribution >= 0.6 is 0 Å². The van der Waals surface area contributed by atoms with Crippen molar-refractivity contribution in [3.05, 3.63) is 58.4 Å². The largest absolute Gasteiger partial charge is 0.348 e. The Morgan fingerprint density at radius 3 is 2.14 bits per heavy atom. The van der Waals surface area contributed by atoms with Crippen molar-refractivity contribution in [2.24, 2.45) is 0 Å². The number of amides is 1. The summed E-state index contributed by atoms with van der Waals surface area (Å²) in [6.45, 7) is 17.9. The lowest BCUT2D eigenvalue weighted by Gasteiger charge is -2.34. The Kier molecular flexibility index (Phi) is 7.14. The van der Waals surface area contributed by atoms with Crippen LogP contribution in [0.2, 0.25) is 0 Å². The highest BCUT2D eigenvalue weighted by Crippen LogP contribution is 2.20. The smallest absolute Gasteiger partial charge is 0.253 e. The highest BCUT2D eigenvalue weighted by Gasteiger charge is 2.17. The zero-order valence-electron chi connectivity index (χ0n) is 18.7. The number of aromatic nitrogens is 1. The summed E-state index contributed by atoms with van der Waals surface area (Å²) in [5.41, 5.74) is 5.42. The lowest BCUT2D eigenvalue weighted by Crippen LogP contribution is -2.45. The number of hydrogen-bond acceptors (Lipinski definition) is 3. The molecule has 1 N–H and O–H groups in total. The molecule has 1 aliphatic rings. The van der Waals surface area contributed by atoms with Gasteiger partial charge in [-0.1, -0.05) is 31.2 Å². The van der Waals surface area contributed by atoms with Gasteiger partial charge in [0.25, 0.3) is 5.91 Å². The Labute approximate surface area is 175 Å². The highest BCUT2D eigenvalue weighted by atomic mass is 16.1. The average Bonchev–Trinajstić information content (AvgIpc) is 3.02. The lowest BCUT2D eigenvalue weighted by atomic mass is 10.1. The number of carbonyl (C=O) groups is 1. The number of aryl methyl sites for hydroxylation is 1. The van der Waals surface area contributed by atoms with Gasteiger partial charge in [0.2, 0.25) is 0 Å². The van der Waals surface area contributed by atoms with Crippen molar-refractivity contribution in [2.75, 3.05) is 32.7 Å². The molecule has 0 atom stereocenters. The van der Waals surface area contributed by atoms with Gasteiger partial charge in [-0.15, -0.1) is 0 Å². The number of nitrogens with one attached hydrogen (secondary N) is 1. The van der Waals surface area contributed by atoms with Gasteiger partial charge in [0, 0.05) is 56.7 Å². The van der Waals surface area contributed by atoms with Gasteiger partial charge in [-0.3, -0.25) is 9.69 Å². The number of rotatable bonds is 7. The first-order chi connectivity index (χ1) is 13.9. The second-order valence-corrected chi connectivity index (χ2v) is 8.46. The summed E-state index contributed by atoms with van der Waals surface area (Å²) < 4.78 is 2.21. The fraction of sp³-hybridized carbons (Fsp3) is 0.542. The van der Waals surface area contributed by atoms with Crippen LogP contribution in [0.5, 0.6) is 0 Å². The molecule has 0 unspecified atom stereocenters. The first kappa shape index (κ1) is 21.6. The van der Waals surface area contributed by atoms with Crippen molar-refractivity contribution < 1.29 is 4.79 Å². The van der Waals surface area contributed by atoms with E-state index in [9.17, 15) is 4.79 Å². The number of piperazine rings is 1.